The number of anilines is 2. The second-order valence-corrected chi connectivity index (χ2v) is 8.77. The van der Waals surface area contributed by atoms with Crippen molar-refractivity contribution >= 4 is 29.3 Å². The van der Waals surface area contributed by atoms with E-state index in [9.17, 15) is 35.9 Å². The SMILES string of the molecule is C/C=C\c1ccccc1N1CC(C(=O)Nc2cc(C(F)(F)F)cc(C(F)(F)F)c2)(C(C)C)CC1=O. The van der Waals surface area contributed by atoms with Gasteiger partial charge in [-0.1, -0.05) is 44.2 Å². The lowest BCUT2D eigenvalue weighted by Crippen LogP contribution is -2.43. The summed E-state index contributed by atoms with van der Waals surface area (Å²) in [6, 6.07) is 7.92. The van der Waals surface area contributed by atoms with Crippen molar-refractivity contribution in [2.45, 2.75) is 39.5 Å². The van der Waals surface area contributed by atoms with Crippen LogP contribution in [-0.4, -0.2) is 18.4 Å². The third-order valence-electron chi connectivity index (χ3n) is 6.18. The summed E-state index contributed by atoms with van der Waals surface area (Å²) in [5, 5.41) is 2.23. The largest absolute Gasteiger partial charge is 0.416 e. The normalized spacial score (nSPS) is 19.1. The molecule has 0 radical (unpaired) electrons. The van der Waals surface area contributed by atoms with Crippen LogP contribution in [0.2, 0.25) is 0 Å². The maximum atomic E-state index is 13.4. The molecule has 1 aliphatic heterocycles. The number of allylic oxidation sites excluding steroid dienone is 1. The number of alkyl halides is 6. The molecule has 10 heteroatoms. The molecule has 2 amide bonds. The van der Waals surface area contributed by atoms with Crippen molar-refractivity contribution in [1.82, 2.24) is 0 Å². The number of carbonyl (C=O) groups excluding carboxylic acids is 2. The zero-order valence-electron chi connectivity index (χ0n) is 19.2. The molecule has 2 aromatic carbocycles. The van der Waals surface area contributed by atoms with E-state index in [1.807, 2.05) is 0 Å². The van der Waals surface area contributed by atoms with Crippen LogP contribution in [0.5, 0.6) is 0 Å². The zero-order chi connectivity index (χ0) is 26.2. The first-order chi connectivity index (χ1) is 16.2. The Morgan fingerprint density at radius 2 is 1.60 bits per heavy atom. The molecular weight excluding hydrogens is 474 g/mol. The number of nitrogens with one attached hydrogen (secondary N) is 1. The first kappa shape index (κ1) is 26.3. The molecule has 1 fully saturated rings. The second kappa shape index (κ2) is 9.39. The van der Waals surface area contributed by atoms with E-state index in [4.69, 9.17) is 0 Å². The molecule has 0 spiro atoms. The van der Waals surface area contributed by atoms with E-state index in [0.29, 0.717) is 17.8 Å². The van der Waals surface area contributed by atoms with Crippen LogP contribution in [0.25, 0.3) is 6.08 Å². The summed E-state index contributed by atoms with van der Waals surface area (Å²) in [6.07, 6.45) is -6.76. The maximum Gasteiger partial charge on any atom is 0.416 e. The third kappa shape index (κ3) is 5.36. The third-order valence-corrected chi connectivity index (χ3v) is 6.18. The average molecular weight is 498 g/mol. The Hall–Kier alpha value is -3.30. The topological polar surface area (TPSA) is 49.4 Å². The predicted molar refractivity (Wildman–Crippen MR) is 120 cm³/mol. The van der Waals surface area contributed by atoms with Crippen LogP contribution in [0.1, 0.15) is 43.9 Å². The van der Waals surface area contributed by atoms with Gasteiger partial charge >= 0.3 is 12.4 Å². The van der Waals surface area contributed by atoms with Crippen molar-refractivity contribution < 1.29 is 35.9 Å². The van der Waals surface area contributed by atoms with Crippen LogP contribution in [0.15, 0.2) is 48.5 Å². The lowest BCUT2D eigenvalue weighted by Gasteiger charge is -2.32. The highest BCUT2D eigenvalue weighted by Crippen LogP contribution is 2.43. The van der Waals surface area contributed by atoms with Gasteiger partial charge in [0.05, 0.1) is 22.2 Å². The molecule has 0 aromatic heterocycles. The molecule has 0 saturated carbocycles. The van der Waals surface area contributed by atoms with Crippen LogP contribution < -0.4 is 10.2 Å². The fraction of sp³-hybridized carbons (Fsp3) is 0.360. The maximum absolute atomic E-state index is 13.4. The van der Waals surface area contributed by atoms with Gasteiger partial charge in [-0.3, -0.25) is 9.59 Å². The van der Waals surface area contributed by atoms with Gasteiger partial charge in [0.2, 0.25) is 11.8 Å². The molecule has 1 N–H and O–H groups in total. The second-order valence-electron chi connectivity index (χ2n) is 8.77. The average Bonchev–Trinajstić information content (AvgIpc) is 3.11. The van der Waals surface area contributed by atoms with E-state index in [0.717, 1.165) is 5.56 Å². The first-order valence-electron chi connectivity index (χ1n) is 10.8. The number of para-hydroxylation sites is 1. The molecular formula is C25H24F6N2O2. The summed E-state index contributed by atoms with van der Waals surface area (Å²) >= 11 is 0. The lowest BCUT2D eigenvalue weighted by atomic mass is 9.75. The van der Waals surface area contributed by atoms with Crippen molar-refractivity contribution in [2.75, 3.05) is 16.8 Å². The Bertz CT molecular complexity index is 1120. The number of carbonyl (C=O) groups is 2. The van der Waals surface area contributed by atoms with Gasteiger partial charge in [-0.25, -0.2) is 0 Å². The number of hydrogen-bond acceptors (Lipinski definition) is 2. The Labute approximate surface area is 198 Å². The minimum atomic E-state index is -5.05. The minimum absolute atomic E-state index is 0.00706. The summed E-state index contributed by atoms with van der Waals surface area (Å²) in [5.74, 6) is -1.64. The molecule has 0 bridgehead atoms. The monoisotopic (exact) mass is 498 g/mol. The van der Waals surface area contributed by atoms with Gasteiger partial charge in [-0.05, 0) is 42.7 Å². The Morgan fingerprint density at radius 3 is 2.11 bits per heavy atom. The standard InChI is InChI=1S/C25H24F6N2O2/c1-4-7-16-8-5-6-9-20(16)33-14-23(15(2)3,13-21(33)34)22(35)32-19-11-17(24(26,27)28)10-18(12-19)25(29,30)31/h4-12,15H,13-14H2,1-3H3,(H,32,35)/b7-4-. The van der Waals surface area contributed by atoms with E-state index in [2.05, 4.69) is 5.32 Å². The van der Waals surface area contributed by atoms with Crippen molar-refractivity contribution in [3.63, 3.8) is 0 Å². The van der Waals surface area contributed by atoms with Gasteiger partial charge in [0.1, 0.15) is 0 Å². The molecule has 2 aromatic rings. The summed E-state index contributed by atoms with van der Waals surface area (Å²) in [5.41, 5.74) is -3.79. The molecule has 1 aliphatic rings. The molecule has 3 rings (SSSR count). The number of rotatable bonds is 5. The highest BCUT2D eigenvalue weighted by Gasteiger charge is 2.51. The fourth-order valence-corrected chi connectivity index (χ4v) is 4.15. The molecule has 1 saturated heterocycles. The van der Waals surface area contributed by atoms with Crippen molar-refractivity contribution in [1.29, 1.82) is 0 Å². The molecule has 1 atom stereocenters. The van der Waals surface area contributed by atoms with E-state index in [-0.39, 0.29) is 24.9 Å². The molecule has 188 valence electrons. The van der Waals surface area contributed by atoms with Crippen molar-refractivity contribution in [2.24, 2.45) is 11.3 Å². The molecule has 35 heavy (non-hydrogen) atoms. The van der Waals surface area contributed by atoms with Crippen LogP contribution in [0, 0.1) is 11.3 Å². The number of hydrogen-bond donors (Lipinski definition) is 1. The number of halogens is 6. The molecule has 4 nitrogen and oxygen atoms in total. The van der Waals surface area contributed by atoms with Crippen LogP contribution in [-0.2, 0) is 21.9 Å². The zero-order valence-corrected chi connectivity index (χ0v) is 19.2. The number of amides is 2. The van der Waals surface area contributed by atoms with Gasteiger partial charge < -0.3 is 10.2 Å². The van der Waals surface area contributed by atoms with Crippen molar-refractivity contribution in [3.05, 3.63) is 65.2 Å². The quantitative estimate of drug-likeness (QED) is 0.463. The smallest absolute Gasteiger partial charge is 0.326 e. The number of nitrogens with zero attached hydrogens (tertiary/aromatic N) is 1. The summed E-state index contributed by atoms with van der Waals surface area (Å²) in [6.45, 7) is 5.09. The summed E-state index contributed by atoms with van der Waals surface area (Å²) in [7, 11) is 0. The fourth-order valence-electron chi connectivity index (χ4n) is 4.15. The highest BCUT2D eigenvalue weighted by molar-refractivity contribution is 6.06. The van der Waals surface area contributed by atoms with Crippen molar-refractivity contribution in [3.8, 4) is 0 Å². The van der Waals surface area contributed by atoms with E-state index in [1.165, 1.54) is 4.90 Å². The number of benzene rings is 2. The summed E-state index contributed by atoms with van der Waals surface area (Å²) < 4.78 is 79.4. The van der Waals surface area contributed by atoms with Crippen LogP contribution in [0.4, 0.5) is 37.7 Å². The van der Waals surface area contributed by atoms with Crippen LogP contribution in [0.3, 0.4) is 0 Å². The molecule has 1 heterocycles. The van der Waals surface area contributed by atoms with Gasteiger partial charge in [0.25, 0.3) is 0 Å². The van der Waals surface area contributed by atoms with Gasteiger partial charge in [-0.2, -0.15) is 26.3 Å². The molecule has 1 unspecified atom stereocenters. The Morgan fingerprint density at radius 1 is 1.03 bits per heavy atom. The van der Waals surface area contributed by atoms with Gasteiger partial charge in [0.15, 0.2) is 0 Å². The lowest BCUT2D eigenvalue weighted by molar-refractivity contribution is -0.143. The summed E-state index contributed by atoms with van der Waals surface area (Å²) in [4.78, 5) is 27.8. The van der Waals surface area contributed by atoms with E-state index >= 15 is 0 Å². The first-order valence-corrected chi connectivity index (χ1v) is 10.8. The van der Waals surface area contributed by atoms with E-state index in [1.54, 1.807) is 57.2 Å². The Balaban J connectivity index is 2.00. The van der Waals surface area contributed by atoms with Gasteiger partial charge in [-0.15, -0.1) is 0 Å². The minimum Gasteiger partial charge on any atom is -0.326 e. The Kier molecular flexibility index (Phi) is 7.06. The van der Waals surface area contributed by atoms with Gasteiger partial charge in [0, 0.05) is 18.7 Å². The predicted octanol–water partition coefficient (Wildman–Crippen LogP) is 6.78. The molecule has 0 aliphatic carbocycles. The highest BCUT2D eigenvalue weighted by atomic mass is 19.4. The van der Waals surface area contributed by atoms with E-state index < -0.39 is 46.4 Å². The van der Waals surface area contributed by atoms with Crippen LogP contribution >= 0.6 is 0 Å².